The average molecular weight is 308 g/mol. The number of amides is 2. The minimum absolute atomic E-state index is 0.132. The van der Waals surface area contributed by atoms with Crippen LogP contribution in [0.3, 0.4) is 0 Å². The Morgan fingerprint density at radius 1 is 1.00 bits per heavy atom. The fourth-order valence-corrected chi connectivity index (χ4v) is 4.20. The van der Waals surface area contributed by atoms with Crippen molar-refractivity contribution in [3.8, 4) is 0 Å². The van der Waals surface area contributed by atoms with E-state index in [0.29, 0.717) is 5.71 Å². The largest absolute Gasteiger partial charge is 0.313 e. The highest BCUT2D eigenvalue weighted by atomic mass is 32.2. The molecule has 0 aliphatic carbocycles. The van der Waals surface area contributed by atoms with E-state index in [0.717, 1.165) is 28.6 Å². The fraction of sp³-hybridized carbons (Fsp3) is 0.118. The van der Waals surface area contributed by atoms with E-state index in [-0.39, 0.29) is 11.1 Å². The third-order valence-corrected chi connectivity index (χ3v) is 5.26. The number of likely N-dealkylation sites (N-methyl/N-ethyl adjacent to an activating group) is 1. The molecular weight excluding hydrogens is 296 g/mol. The van der Waals surface area contributed by atoms with Crippen LogP contribution in [0.15, 0.2) is 59.6 Å². The summed E-state index contributed by atoms with van der Waals surface area (Å²) in [6.07, 6.45) is 0. The van der Waals surface area contributed by atoms with Gasteiger partial charge in [0, 0.05) is 12.6 Å². The molecule has 0 spiro atoms. The first kappa shape index (κ1) is 13.3. The van der Waals surface area contributed by atoms with Crippen LogP contribution in [-0.4, -0.2) is 23.9 Å². The van der Waals surface area contributed by atoms with Gasteiger partial charge < -0.3 is 4.90 Å². The van der Waals surface area contributed by atoms with Gasteiger partial charge in [-0.05, 0) is 23.4 Å². The van der Waals surface area contributed by atoms with Crippen molar-refractivity contribution < 1.29 is 9.59 Å². The molecule has 0 aromatic heterocycles. The zero-order valence-electron chi connectivity index (χ0n) is 11.8. The number of benzene rings is 2. The molecule has 2 aromatic carbocycles. The molecule has 1 unspecified atom stereocenters. The number of para-hydroxylation sites is 1. The van der Waals surface area contributed by atoms with Gasteiger partial charge in [-0.3, -0.25) is 9.59 Å². The van der Waals surface area contributed by atoms with Gasteiger partial charge >= 0.3 is 5.24 Å². The van der Waals surface area contributed by atoms with Crippen LogP contribution in [0.4, 0.5) is 10.5 Å². The van der Waals surface area contributed by atoms with Crippen molar-refractivity contribution in [2.24, 2.45) is 4.99 Å². The Morgan fingerprint density at radius 2 is 1.68 bits per heavy atom. The van der Waals surface area contributed by atoms with Crippen LogP contribution in [0.25, 0.3) is 0 Å². The molecule has 2 aliphatic rings. The molecule has 4 nitrogen and oxygen atoms in total. The number of rotatable bonds is 1. The predicted molar refractivity (Wildman–Crippen MR) is 87.5 cm³/mol. The summed E-state index contributed by atoms with van der Waals surface area (Å²) in [4.78, 5) is 31.0. The highest BCUT2D eigenvalue weighted by Gasteiger charge is 2.56. The molecular formula is C17H12N2O2S. The van der Waals surface area contributed by atoms with Crippen molar-refractivity contribution in [1.29, 1.82) is 0 Å². The molecule has 0 saturated heterocycles. The first-order chi connectivity index (χ1) is 10.6. The van der Waals surface area contributed by atoms with Gasteiger partial charge in [-0.2, -0.15) is 0 Å². The third kappa shape index (κ3) is 1.57. The lowest BCUT2D eigenvalue weighted by Crippen LogP contribution is -2.51. The first-order valence-corrected chi connectivity index (χ1v) is 7.71. The molecule has 0 radical (unpaired) electrons. The molecule has 22 heavy (non-hydrogen) atoms. The lowest BCUT2D eigenvalue weighted by molar-refractivity contribution is -0.119. The number of thioether (sulfide) groups is 1. The summed E-state index contributed by atoms with van der Waals surface area (Å²) in [5.41, 5.74) is 2.96. The Kier molecular flexibility index (Phi) is 2.74. The van der Waals surface area contributed by atoms with Gasteiger partial charge in [-0.1, -0.05) is 48.5 Å². The van der Waals surface area contributed by atoms with Crippen molar-refractivity contribution >= 4 is 34.3 Å². The predicted octanol–water partition coefficient (Wildman–Crippen LogP) is 3.21. The minimum atomic E-state index is -1.07. The quantitative estimate of drug-likeness (QED) is 0.813. The maximum absolute atomic E-state index is 13.1. The van der Waals surface area contributed by atoms with Crippen LogP contribution in [0.1, 0.15) is 11.1 Å². The van der Waals surface area contributed by atoms with Gasteiger partial charge in [-0.25, -0.2) is 4.99 Å². The average Bonchev–Trinajstić information content (AvgIpc) is 2.92. The zero-order valence-corrected chi connectivity index (χ0v) is 12.6. The van der Waals surface area contributed by atoms with E-state index in [2.05, 4.69) is 4.99 Å². The van der Waals surface area contributed by atoms with Crippen molar-refractivity contribution in [2.45, 2.75) is 4.75 Å². The topological polar surface area (TPSA) is 49.7 Å². The summed E-state index contributed by atoms with van der Waals surface area (Å²) < 4.78 is -1.07. The number of hydrogen-bond acceptors (Lipinski definition) is 3. The fourth-order valence-electron chi connectivity index (χ4n) is 3.07. The van der Waals surface area contributed by atoms with Crippen LogP contribution in [0, 0.1) is 0 Å². The van der Waals surface area contributed by atoms with E-state index in [4.69, 9.17) is 0 Å². The molecule has 5 heteroatoms. The summed E-state index contributed by atoms with van der Waals surface area (Å²) in [5.74, 6) is -0.132. The van der Waals surface area contributed by atoms with Crippen LogP contribution < -0.4 is 4.90 Å². The maximum atomic E-state index is 13.1. The highest BCUT2D eigenvalue weighted by Crippen LogP contribution is 2.51. The number of fused-ring (bicyclic) bond motifs is 3. The molecule has 108 valence electrons. The summed E-state index contributed by atoms with van der Waals surface area (Å²) >= 11 is 0.992. The highest BCUT2D eigenvalue weighted by molar-refractivity contribution is 8.16. The van der Waals surface area contributed by atoms with Gasteiger partial charge in [0.1, 0.15) is 0 Å². The summed E-state index contributed by atoms with van der Waals surface area (Å²) in [5, 5.41) is -0.322. The summed E-state index contributed by atoms with van der Waals surface area (Å²) in [6.45, 7) is 0. The number of nitrogens with zero attached hydrogens (tertiary/aromatic N) is 2. The first-order valence-electron chi connectivity index (χ1n) is 6.90. The summed E-state index contributed by atoms with van der Waals surface area (Å²) in [6, 6.07) is 16.9. The van der Waals surface area contributed by atoms with Crippen molar-refractivity contribution in [2.75, 3.05) is 11.9 Å². The molecule has 0 bridgehead atoms. The Hall–Kier alpha value is -2.40. The van der Waals surface area contributed by atoms with Crippen LogP contribution >= 0.6 is 11.8 Å². The molecule has 2 aromatic rings. The number of anilines is 1. The minimum Gasteiger partial charge on any atom is -0.313 e. The van der Waals surface area contributed by atoms with E-state index in [1.807, 2.05) is 54.6 Å². The van der Waals surface area contributed by atoms with Crippen molar-refractivity contribution in [3.05, 3.63) is 65.7 Å². The second-order valence-electron chi connectivity index (χ2n) is 5.26. The molecule has 2 aliphatic heterocycles. The normalized spacial score (nSPS) is 23.1. The molecule has 4 rings (SSSR count). The SMILES string of the molecule is CN1C(=O)C2(c3ccccc3)SC(=O)N=C2c2ccccc21. The van der Waals surface area contributed by atoms with Gasteiger partial charge in [-0.15, -0.1) is 0 Å². The number of aliphatic imine (C=N–C) groups is 1. The Bertz CT molecular complexity index is 832. The van der Waals surface area contributed by atoms with E-state index < -0.39 is 4.75 Å². The van der Waals surface area contributed by atoms with E-state index in [1.165, 1.54) is 0 Å². The molecule has 0 fully saturated rings. The molecule has 1 atom stereocenters. The maximum Gasteiger partial charge on any atom is 0.306 e. The lowest BCUT2D eigenvalue weighted by Gasteiger charge is -2.38. The number of carbonyl (C=O) groups is 2. The van der Waals surface area contributed by atoms with E-state index >= 15 is 0 Å². The number of carbonyl (C=O) groups excluding carboxylic acids is 2. The Morgan fingerprint density at radius 3 is 2.45 bits per heavy atom. The zero-order chi connectivity index (χ0) is 15.3. The van der Waals surface area contributed by atoms with Gasteiger partial charge in [0.05, 0.1) is 11.4 Å². The summed E-state index contributed by atoms with van der Waals surface area (Å²) in [7, 11) is 1.74. The standard InChI is InChI=1S/C17H12N2O2S/c1-19-13-10-6-5-9-12(13)14-17(15(19)20,22-16(21)18-14)11-7-3-2-4-8-11/h2-10H,1H3. The third-order valence-electron chi connectivity index (χ3n) is 4.08. The monoisotopic (exact) mass is 308 g/mol. The molecule has 2 amide bonds. The van der Waals surface area contributed by atoms with Gasteiger partial charge in [0.2, 0.25) is 0 Å². The van der Waals surface area contributed by atoms with Crippen molar-refractivity contribution in [1.82, 2.24) is 0 Å². The Balaban J connectivity index is 2.05. The van der Waals surface area contributed by atoms with Crippen molar-refractivity contribution in [3.63, 3.8) is 0 Å². The molecule has 0 saturated carbocycles. The van der Waals surface area contributed by atoms with Crippen LogP contribution in [0.5, 0.6) is 0 Å². The van der Waals surface area contributed by atoms with Gasteiger partial charge in [0.15, 0.2) is 4.75 Å². The van der Waals surface area contributed by atoms with E-state index in [1.54, 1.807) is 11.9 Å². The Labute approximate surface area is 131 Å². The second-order valence-corrected chi connectivity index (χ2v) is 6.42. The molecule has 0 N–H and O–H groups in total. The van der Waals surface area contributed by atoms with E-state index in [9.17, 15) is 9.59 Å². The van der Waals surface area contributed by atoms with Crippen LogP contribution in [-0.2, 0) is 9.54 Å². The second kappa shape index (κ2) is 4.55. The number of hydrogen-bond donors (Lipinski definition) is 0. The molecule has 2 heterocycles. The lowest BCUT2D eigenvalue weighted by atomic mass is 9.83. The van der Waals surface area contributed by atoms with Gasteiger partial charge in [0.25, 0.3) is 5.91 Å². The smallest absolute Gasteiger partial charge is 0.306 e. The van der Waals surface area contributed by atoms with Crippen LogP contribution in [0.2, 0.25) is 0 Å².